The van der Waals surface area contributed by atoms with Crippen LogP contribution in [0.5, 0.6) is 0 Å². The van der Waals surface area contributed by atoms with Crippen LogP contribution in [0.15, 0.2) is 16.3 Å². The molecule has 0 saturated carbocycles. The molecule has 0 radical (unpaired) electrons. The van der Waals surface area contributed by atoms with Gasteiger partial charge in [0, 0.05) is 5.54 Å². The van der Waals surface area contributed by atoms with Crippen molar-refractivity contribution in [2.75, 3.05) is 6.73 Å². The number of hydrogen-bond acceptors (Lipinski definition) is 2. The van der Waals surface area contributed by atoms with Crippen molar-refractivity contribution >= 4 is 17.8 Å². The largest absolute Gasteiger partial charge is 0.469 e. The zero-order chi connectivity index (χ0) is 5.11. The molecule has 0 saturated heterocycles. The van der Waals surface area contributed by atoms with E-state index in [9.17, 15) is 0 Å². The number of nitrogens with zero attached hydrogens (tertiary/aromatic N) is 1. The van der Waals surface area contributed by atoms with Gasteiger partial charge >= 0.3 is 0 Å². The molecule has 1 aliphatic heterocycles. The monoisotopic (exact) mass is 117 g/mol. The van der Waals surface area contributed by atoms with Gasteiger partial charge in [0.2, 0.25) is 0 Å². The molecule has 0 aromatic carbocycles. The second-order valence-electron chi connectivity index (χ2n) is 1.10. The van der Waals surface area contributed by atoms with E-state index in [1.165, 1.54) is 5.54 Å². The average Bonchev–Trinajstić information content (AvgIpc) is 2.14. The zero-order valence-electron chi connectivity index (χ0n) is 3.60. The second kappa shape index (κ2) is 1.98. The van der Waals surface area contributed by atoms with Gasteiger partial charge in [-0.1, -0.05) is 11.6 Å². The van der Waals surface area contributed by atoms with Crippen molar-refractivity contribution in [2.24, 2.45) is 4.99 Å². The van der Waals surface area contributed by atoms with Gasteiger partial charge in [-0.05, 0) is 0 Å². The van der Waals surface area contributed by atoms with Crippen LogP contribution in [0, 0.1) is 0 Å². The molecule has 1 aliphatic rings. The fourth-order valence-corrected chi connectivity index (χ4v) is 0.455. The number of hydrogen-bond donors (Lipinski definition) is 0. The molecule has 0 aromatic rings. The predicted octanol–water partition coefficient (Wildman–Crippen LogP) is 1.13. The molecule has 38 valence electrons. The number of rotatable bonds is 0. The van der Waals surface area contributed by atoms with Gasteiger partial charge in [0.25, 0.3) is 0 Å². The quantitative estimate of drug-likeness (QED) is 0.466. The Labute approximate surface area is 46.5 Å². The van der Waals surface area contributed by atoms with Crippen molar-refractivity contribution in [2.45, 2.75) is 0 Å². The molecule has 1 heterocycles. The topological polar surface area (TPSA) is 21.6 Å². The highest BCUT2D eigenvalue weighted by Crippen LogP contribution is 2.01. The van der Waals surface area contributed by atoms with E-state index in [1.54, 1.807) is 6.21 Å². The SMILES string of the molecule is ClC=C1C=NCO1. The van der Waals surface area contributed by atoms with Crippen LogP contribution < -0.4 is 0 Å². The molecule has 0 unspecified atom stereocenters. The first kappa shape index (κ1) is 4.65. The maximum Gasteiger partial charge on any atom is 0.179 e. The van der Waals surface area contributed by atoms with Crippen LogP contribution in [0.2, 0.25) is 0 Å². The molecular weight excluding hydrogens is 114 g/mol. The minimum Gasteiger partial charge on any atom is -0.469 e. The summed E-state index contributed by atoms with van der Waals surface area (Å²) < 4.78 is 4.81. The molecule has 0 amide bonds. The van der Waals surface area contributed by atoms with Crippen LogP contribution in [0.3, 0.4) is 0 Å². The molecule has 2 nitrogen and oxygen atoms in total. The van der Waals surface area contributed by atoms with Gasteiger partial charge in [0.05, 0.1) is 6.21 Å². The fraction of sp³-hybridized carbons (Fsp3) is 0.250. The van der Waals surface area contributed by atoms with E-state index in [4.69, 9.17) is 16.3 Å². The van der Waals surface area contributed by atoms with Gasteiger partial charge in [-0.15, -0.1) is 0 Å². The van der Waals surface area contributed by atoms with Gasteiger partial charge in [0.15, 0.2) is 12.5 Å². The van der Waals surface area contributed by atoms with Crippen LogP contribution in [-0.4, -0.2) is 12.9 Å². The zero-order valence-corrected chi connectivity index (χ0v) is 4.35. The maximum absolute atomic E-state index is 5.23. The normalized spacial score (nSPS) is 23.3. The Morgan fingerprint density at radius 1 is 2.00 bits per heavy atom. The Morgan fingerprint density at radius 3 is 3.14 bits per heavy atom. The Bertz CT molecular complexity index is 116. The van der Waals surface area contributed by atoms with Crippen molar-refractivity contribution in [1.82, 2.24) is 0 Å². The lowest BCUT2D eigenvalue weighted by molar-refractivity contribution is 0.263. The van der Waals surface area contributed by atoms with Crippen molar-refractivity contribution < 1.29 is 4.74 Å². The highest BCUT2D eigenvalue weighted by molar-refractivity contribution is 6.26. The summed E-state index contributed by atoms with van der Waals surface area (Å²) in [6.07, 6.45) is 1.59. The third kappa shape index (κ3) is 0.933. The lowest BCUT2D eigenvalue weighted by atomic mass is 10.6. The van der Waals surface area contributed by atoms with Crippen LogP contribution in [-0.2, 0) is 4.74 Å². The number of ether oxygens (including phenoxy) is 1. The number of aliphatic imine (C=N–C) groups is 1. The molecule has 0 atom stereocenters. The summed E-state index contributed by atoms with van der Waals surface area (Å²) in [5.74, 6) is 0.640. The predicted molar refractivity (Wildman–Crippen MR) is 28.4 cm³/mol. The van der Waals surface area contributed by atoms with Crippen LogP contribution >= 0.6 is 11.6 Å². The second-order valence-corrected chi connectivity index (χ2v) is 1.31. The fourth-order valence-electron chi connectivity index (χ4n) is 0.336. The maximum atomic E-state index is 5.23. The Balaban J connectivity index is 2.59. The first-order chi connectivity index (χ1) is 3.43. The number of allylic oxidation sites excluding steroid dienone is 1. The van der Waals surface area contributed by atoms with E-state index in [0.717, 1.165) is 0 Å². The summed E-state index contributed by atoms with van der Waals surface area (Å²) in [4.78, 5) is 3.74. The van der Waals surface area contributed by atoms with E-state index < -0.39 is 0 Å². The van der Waals surface area contributed by atoms with Gasteiger partial charge in [-0.3, -0.25) is 0 Å². The van der Waals surface area contributed by atoms with Crippen molar-refractivity contribution in [3.63, 3.8) is 0 Å². The third-order valence-corrected chi connectivity index (χ3v) is 0.847. The standard InChI is InChI=1S/C4H4ClNO/c5-1-4-2-6-3-7-4/h1-2H,3H2. The van der Waals surface area contributed by atoms with E-state index in [2.05, 4.69) is 4.99 Å². The average molecular weight is 118 g/mol. The Kier molecular flexibility index (Phi) is 1.32. The molecule has 0 aliphatic carbocycles. The van der Waals surface area contributed by atoms with E-state index in [-0.39, 0.29) is 0 Å². The molecule has 0 fully saturated rings. The van der Waals surface area contributed by atoms with Gasteiger partial charge in [0.1, 0.15) is 0 Å². The summed E-state index contributed by atoms with van der Waals surface area (Å²) >= 11 is 5.23. The summed E-state index contributed by atoms with van der Waals surface area (Å²) in [7, 11) is 0. The van der Waals surface area contributed by atoms with Gasteiger partial charge < -0.3 is 4.74 Å². The van der Waals surface area contributed by atoms with E-state index in [0.29, 0.717) is 12.5 Å². The lowest BCUT2D eigenvalue weighted by Gasteiger charge is -1.87. The molecule has 0 spiro atoms. The molecule has 0 bridgehead atoms. The van der Waals surface area contributed by atoms with E-state index in [1.807, 2.05) is 0 Å². The smallest absolute Gasteiger partial charge is 0.179 e. The summed E-state index contributed by atoms with van der Waals surface area (Å²) in [5.41, 5.74) is 1.36. The van der Waals surface area contributed by atoms with Crippen molar-refractivity contribution in [3.8, 4) is 0 Å². The van der Waals surface area contributed by atoms with Crippen LogP contribution in [0.4, 0.5) is 0 Å². The highest BCUT2D eigenvalue weighted by Gasteiger charge is 1.96. The highest BCUT2D eigenvalue weighted by atomic mass is 35.5. The summed E-state index contributed by atoms with van der Waals surface area (Å²) in [5, 5.41) is 0. The summed E-state index contributed by atoms with van der Waals surface area (Å²) in [6.45, 7) is 0.415. The Morgan fingerprint density at radius 2 is 2.86 bits per heavy atom. The molecule has 7 heavy (non-hydrogen) atoms. The van der Waals surface area contributed by atoms with Crippen LogP contribution in [0.25, 0.3) is 0 Å². The molecule has 0 aromatic heterocycles. The minimum absolute atomic E-state index is 0.415. The van der Waals surface area contributed by atoms with E-state index >= 15 is 0 Å². The minimum atomic E-state index is 0.415. The molecular formula is C4H4ClNO. The Hall–Kier alpha value is -0.500. The lowest BCUT2D eigenvalue weighted by Crippen LogP contribution is -1.78. The van der Waals surface area contributed by atoms with Crippen LogP contribution in [0.1, 0.15) is 0 Å². The first-order valence-electron chi connectivity index (χ1n) is 1.86. The third-order valence-electron chi connectivity index (χ3n) is 0.632. The van der Waals surface area contributed by atoms with Crippen molar-refractivity contribution in [3.05, 3.63) is 11.3 Å². The van der Waals surface area contributed by atoms with Gasteiger partial charge in [-0.2, -0.15) is 0 Å². The van der Waals surface area contributed by atoms with Crippen molar-refractivity contribution in [1.29, 1.82) is 0 Å². The summed E-state index contributed by atoms with van der Waals surface area (Å²) in [6, 6.07) is 0. The molecule has 3 heteroatoms. The molecule has 0 N–H and O–H groups in total. The van der Waals surface area contributed by atoms with Gasteiger partial charge in [-0.25, -0.2) is 4.99 Å². The first-order valence-corrected chi connectivity index (χ1v) is 2.30. The molecule has 1 rings (SSSR count). The number of halogens is 1.